The molecule has 1 unspecified atom stereocenters. The maximum absolute atomic E-state index is 13.3. The predicted molar refractivity (Wildman–Crippen MR) is 111 cm³/mol. The minimum atomic E-state index is -0.445. The molecule has 2 aliphatic heterocycles. The van der Waals surface area contributed by atoms with E-state index >= 15 is 0 Å². The highest BCUT2D eigenvalue weighted by molar-refractivity contribution is 5.96. The summed E-state index contributed by atoms with van der Waals surface area (Å²) in [6.07, 6.45) is 1.36. The summed E-state index contributed by atoms with van der Waals surface area (Å²) in [4.78, 5) is 27.5. The number of likely N-dealkylation sites (tertiary alicyclic amines) is 1. The molecule has 2 aromatic rings. The number of carbonyl (C=O) groups excluding carboxylic acids is 2. The predicted octanol–water partition coefficient (Wildman–Crippen LogP) is 3.37. The minimum absolute atomic E-state index is 0.102. The molecule has 0 aromatic heterocycles. The number of esters is 1. The van der Waals surface area contributed by atoms with Crippen molar-refractivity contribution in [2.24, 2.45) is 5.92 Å². The molecule has 0 spiro atoms. The van der Waals surface area contributed by atoms with Gasteiger partial charge in [-0.15, -0.1) is 0 Å². The monoisotopic (exact) mass is 410 g/mol. The van der Waals surface area contributed by atoms with Gasteiger partial charge >= 0.3 is 5.97 Å². The molecule has 0 aliphatic carbocycles. The molecule has 0 saturated carbocycles. The Kier molecular flexibility index (Phi) is 6.18. The van der Waals surface area contributed by atoms with Gasteiger partial charge in [-0.1, -0.05) is 30.3 Å². The lowest BCUT2D eigenvalue weighted by Crippen LogP contribution is -2.43. The van der Waals surface area contributed by atoms with Crippen molar-refractivity contribution in [1.29, 1.82) is 0 Å². The zero-order valence-electron chi connectivity index (χ0n) is 17.0. The van der Waals surface area contributed by atoms with Crippen LogP contribution in [0.3, 0.4) is 0 Å². The van der Waals surface area contributed by atoms with Crippen LogP contribution in [-0.2, 0) is 14.3 Å². The Labute approximate surface area is 175 Å². The number of anilines is 1. The maximum atomic E-state index is 13.3. The van der Waals surface area contributed by atoms with Crippen LogP contribution in [0.2, 0.25) is 0 Å². The quantitative estimate of drug-likeness (QED) is 0.736. The van der Waals surface area contributed by atoms with E-state index < -0.39 is 6.04 Å². The zero-order valence-corrected chi connectivity index (χ0v) is 17.0. The molecule has 0 bridgehead atoms. The summed E-state index contributed by atoms with van der Waals surface area (Å²) < 4.78 is 15.9. The smallest absolute Gasteiger partial charge is 0.309 e. The number of rotatable bonds is 6. The van der Waals surface area contributed by atoms with E-state index in [0.717, 1.165) is 5.56 Å². The van der Waals surface area contributed by atoms with Crippen molar-refractivity contribution in [3.63, 3.8) is 0 Å². The fraction of sp³-hybridized carbons (Fsp3) is 0.391. The van der Waals surface area contributed by atoms with Gasteiger partial charge in [0.25, 0.3) is 0 Å². The Hall–Kier alpha value is -3.06. The third kappa shape index (κ3) is 4.41. The molecule has 7 heteroatoms. The van der Waals surface area contributed by atoms with Gasteiger partial charge in [0.2, 0.25) is 12.7 Å². The number of amides is 1. The number of carbonyl (C=O) groups is 2. The molecule has 2 aromatic carbocycles. The molecule has 2 aliphatic rings. The van der Waals surface area contributed by atoms with E-state index in [2.05, 4.69) is 10.2 Å². The lowest BCUT2D eigenvalue weighted by Gasteiger charge is -2.36. The summed E-state index contributed by atoms with van der Waals surface area (Å²) in [5.41, 5.74) is 1.58. The molecular formula is C23H26N2O5. The standard InChI is InChI=1S/C23H26N2O5/c1-2-28-23(27)17-10-12-25(13-11-17)21(16-6-4-3-5-7-16)22(26)24-18-8-9-19-20(14-18)30-15-29-19/h3-9,14,17,21H,2,10-13,15H2,1H3,(H,24,26). The molecule has 2 heterocycles. The lowest BCUT2D eigenvalue weighted by molar-refractivity contribution is -0.149. The van der Waals surface area contributed by atoms with Gasteiger partial charge in [-0.05, 0) is 37.5 Å². The molecule has 4 rings (SSSR count). The van der Waals surface area contributed by atoms with E-state index in [1.54, 1.807) is 18.2 Å². The average Bonchev–Trinajstić information content (AvgIpc) is 3.23. The lowest BCUT2D eigenvalue weighted by atomic mass is 9.94. The van der Waals surface area contributed by atoms with Crippen molar-refractivity contribution in [2.45, 2.75) is 25.8 Å². The van der Waals surface area contributed by atoms with E-state index in [0.29, 0.717) is 49.7 Å². The van der Waals surface area contributed by atoms with Gasteiger partial charge < -0.3 is 19.5 Å². The fourth-order valence-corrected chi connectivity index (χ4v) is 4.00. The summed E-state index contributed by atoms with van der Waals surface area (Å²) in [5, 5.41) is 3.01. The first-order valence-corrected chi connectivity index (χ1v) is 10.3. The Balaban J connectivity index is 1.49. The Morgan fingerprint density at radius 2 is 1.83 bits per heavy atom. The van der Waals surface area contributed by atoms with Gasteiger partial charge in [0.1, 0.15) is 6.04 Å². The number of hydrogen-bond acceptors (Lipinski definition) is 6. The number of benzene rings is 2. The van der Waals surface area contributed by atoms with Crippen LogP contribution < -0.4 is 14.8 Å². The van der Waals surface area contributed by atoms with Crippen molar-refractivity contribution >= 4 is 17.6 Å². The van der Waals surface area contributed by atoms with Crippen LogP contribution in [0, 0.1) is 5.92 Å². The summed E-state index contributed by atoms with van der Waals surface area (Å²) in [5.74, 6) is 0.940. The molecule has 1 fully saturated rings. The third-order valence-electron chi connectivity index (χ3n) is 5.52. The van der Waals surface area contributed by atoms with Gasteiger partial charge in [0.15, 0.2) is 11.5 Å². The van der Waals surface area contributed by atoms with Crippen molar-refractivity contribution < 1.29 is 23.8 Å². The van der Waals surface area contributed by atoms with Crippen LogP contribution in [0.1, 0.15) is 31.4 Å². The highest BCUT2D eigenvalue weighted by Gasteiger charge is 2.33. The van der Waals surface area contributed by atoms with Gasteiger partial charge in [-0.25, -0.2) is 0 Å². The van der Waals surface area contributed by atoms with E-state index in [4.69, 9.17) is 14.2 Å². The SMILES string of the molecule is CCOC(=O)C1CCN(C(C(=O)Nc2ccc3c(c2)OCO3)c2ccccc2)CC1. The summed E-state index contributed by atoms with van der Waals surface area (Å²) in [7, 11) is 0. The third-order valence-corrected chi connectivity index (χ3v) is 5.52. The summed E-state index contributed by atoms with van der Waals surface area (Å²) in [6.45, 7) is 3.70. The second-order valence-corrected chi connectivity index (χ2v) is 7.43. The van der Waals surface area contributed by atoms with Gasteiger partial charge in [-0.3, -0.25) is 14.5 Å². The van der Waals surface area contributed by atoms with Crippen LogP contribution in [0.15, 0.2) is 48.5 Å². The van der Waals surface area contributed by atoms with Gasteiger partial charge in [-0.2, -0.15) is 0 Å². The first kappa shape index (κ1) is 20.2. The molecule has 158 valence electrons. The van der Waals surface area contributed by atoms with Crippen LogP contribution >= 0.6 is 0 Å². The average molecular weight is 410 g/mol. The molecule has 1 atom stereocenters. The van der Waals surface area contributed by atoms with Crippen molar-refractivity contribution in [1.82, 2.24) is 4.90 Å². The van der Waals surface area contributed by atoms with E-state index in [9.17, 15) is 9.59 Å². The van der Waals surface area contributed by atoms with Gasteiger partial charge in [0, 0.05) is 24.8 Å². The topological polar surface area (TPSA) is 77.1 Å². The van der Waals surface area contributed by atoms with Crippen LogP contribution in [0.25, 0.3) is 0 Å². The Morgan fingerprint density at radius 1 is 1.10 bits per heavy atom. The molecule has 1 amide bonds. The molecule has 30 heavy (non-hydrogen) atoms. The number of nitrogens with zero attached hydrogens (tertiary/aromatic N) is 1. The number of ether oxygens (including phenoxy) is 3. The van der Waals surface area contributed by atoms with E-state index in [1.165, 1.54) is 0 Å². The number of fused-ring (bicyclic) bond motifs is 1. The maximum Gasteiger partial charge on any atom is 0.309 e. The molecule has 1 N–H and O–H groups in total. The number of piperidine rings is 1. The van der Waals surface area contributed by atoms with Crippen LogP contribution in [-0.4, -0.2) is 43.3 Å². The second kappa shape index (κ2) is 9.17. The fourth-order valence-electron chi connectivity index (χ4n) is 4.00. The first-order chi connectivity index (χ1) is 14.7. The number of nitrogens with one attached hydrogen (secondary N) is 1. The zero-order chi connectivity index (χ0) is 20.9. The summed E-state index contributed by atoms with van der Waals surface area (Å²) in [6, 6.07) is 14.6. The molecule has 1 saturated heterocycles. The summed E-state index contributed by atoms with van der Waals surface area (Å²) >= 11 is 0. The molecule has 0 radical (unpaired) electrons. The molecule has 7 nitrogen and oxygen atoms in total. The van der Waals surface area contributed by atoms with E-state index in [-0.39, 0.29) is 24.6 Å². The normalized spacial score (nSPS) is 17.4. The first-order valence-electron chi connectivity index (χ1n) is 10.3. The highest BCUT2D eigenvalue weighted by Crippen LogP contribution is 2.35. The Bertz CT molecular complexity index is 894. The van der Waals surface area contributed by atoms with E-state index in [1.807, 2.05) is 37.3 Å². The molecular weight excluding hydrogens is 384 g/mol. The highest BCUT2D eigenvalue weighted by atomic mass is 16.7. The second-order valence-electron chi connectivity index (χ2n) is 7.43. The van der Waals surface area contributed by atoms with Crippen molar-refractivity contribution in [3.8, 4) is 11.5 Å². The van der Waals surface area contributed by atoms with Crippen LogP contribution in [0.5, 0.6) is 11.5 Å². The minimum Gasteiger partial charge on any atom is -0.466 e. The van der Waals surface area contributed by atoms with Gasteiger partial charge in [0.05, 0.1) is 12.5 Å². The van der Waals surface area contributed by atoms with Crippen molar-refractivity contribution in [2.75, 3.05) is 31.8 Å². The Morgan fingerprint density at radius 3 is 2.57 bits per heavy atom. The largest absolute Gasteiger partial charge is 0.466 e. The number of hydrogen-bond donors (Lipinski definition) is 1. The van der Waals surface area contributed by atoms with Crippen molar-refractivity contribution in [3.05, 3.63) is 54.1 Å². The van der Waals surface area contributed by atoms with Crippen LogP contribution in [0.4, 0.5) is 5.69 Å².